The van der Waals surface area contributed by atoms with Crippen molar-refractivity contribution < 1.29 is 13.2 Å². The molecule has 0 atom stereocenters. The first-order valence-electron chi connectivity index (χ1n) is 9.11. The molecule has 0 aliphatic heterocycles. The highest BCUT2D eigenvalue weighted by atomic mass is 32.2. The average Bonchev–Trinajstić information content (AvgIpc) is 3.03. The molecule has 148 valence electrons. The van der Waals surface area contributed by atoms with Crippen molar-refractivity contribution in [3.63, 3.8) is 0 Å². The van der Waals surface area contributed by atoms with E-state index in [2.05, 4.69) is 30.7 Å². The number of H-pyrrole nitrogens is 1. The lowest BCUT2D eigenvalue weighted by Gasteiger charge is -2.19. The lowest BCUT2D eigenvalue weighted by atomic mass is 9.87. The van der Waals surface area contributed by atoms with Crippen LogP contribution in [0.25, 0.3) is 11.4 Å². The summed E-state index contributed by atoms with van der Waals surface area (Å²) in [5.74, 6) is 1.11. The molecule has 1 N–H and O–H groups in total. The molecular formula is C22H26N2O3S. The second-order valence-electron chi connectivity index (χ2n) is 7.98. The van der Waals surface area contributed by atoms with Crippen LogP contribution in [0.4, 0.5) is 0 Å². The summed E-state index contributed by atoms with van der Waals surface area (Å²) >= 11 is 0. The van der Waals surface area contributed by atoms with Gasteiger partial charge in [-0.25, -0.2) is 13.4 Å². The summed E-state index contributed by atoms with van der Waals surface area (Å²) in [5, 5.41) is 0.106. The fraction of sp³-hybridized carbons (Fsp3) is 0.318. The quantitative estimate of drug-likeness (QED) is 0.683. The van der Waals surface area contributed by atoms with Gasteiger partial charge in [-0.1, -0.05) is 44.5 Å². The Morgan fingerprint density at radius 3 is 2.21 bits per heavy atom. The summed E-state index contributed by atoms with van der Waals surface area (Å²) in [4.78, 5) is 7.71. The number of hydrogen-bond acceptors (Lipinski definition) is 4. The predicted molar refractivity (Wildman–Crippen MR) is 111 cm³/mol. The fourth-order valence-corrected chi connectivity index (χ4v) is 4.49. The van der Waals surface area contributed by atoms with Crippen LogP contribution >= 0.6 is 0 Å². The van der Waals surface area contributed by atoms with E-state index in [9.17, 15) is 8.42 Å². The maximum Gasteiger partial charge on any atom is 0.223 e. The number of methoxy groups -OCH3 is 1. The van der Waals surface area contributed by atoms with E-state index in [-0.39, 0.29) is 15.3 Å². The van der Waals surface area contributed by atoms with Crippen molar-refractivity contribution in [3.8, 4) is 17.1 Å². The largest absolute Gasteiger partial charge is 0.496 e. The minimum absolute atomic E-state index is 0.0406. The summed E-state index contributed by atoms with van der Waals surface area (Å²) < 4.78 is 31.8. The maximum absolute atomic E-state index is 13.2. The van der Waals surface area contributed by atoms with Crippen LogP contribution in [0.15, 0.2) is 52.4 Å². The Morgan fingerprint density at radius 2 is 1.64 bits per heavy atom. The molecule has 0 fully saturated rings. The summed E-state index contributed by atoms with van der Waals surface area (Å²) in [6, 6.07) is 12.7. The molecule has 5 nitrogen and oxygen atoms in total. The van der Waals surface area contributed by atoms with Crippen LogP contribution in [0.1, 0.15) is 37.6 Å². The molecule has 2 aromatic carbocycles. The maximum atomic E-state index is 13.2. The zero-order chi connectivity index (χ0) is 20.7. The Balaban J connectivity index is 2.06. The minimum Gasteiger partial charge on any atom is -0.496 e. The molecule has 6 heteroatoms. The van der Waals surface area contributed by atoms with Gasteiger partial charge in [0.15, 0.2) is 5.03 Å². The van der Waals surface area contributed by atoms with Gasteiger partial charge in [0.2, 0.25) is 9.84 Å². The van der Waals surface area contributed by atoms with Crippen LogP contribution < -0.4 is 4.74 Å². The molecule has 0 aliphatic carbocycles. The van der Waals surface area contributed by atoms with Crippen LogP contribution in [0.2, 0.25) is 0 Å². The predicted octanol–water partition coefficient (Wildman–Crippen LogP) is 4.83. The van der Waals surface area contributed by atoms with E-state index in [0.29, 0.717) is 17.3 Å². The van der Waals surface area contributed by atoms with E-state index in [1.807, 2.05) is 37.3 Å². The molecule has 0 bridgehead atoms. The molecule has 0 aliphatic rings. The van der Waals surface area contributed by atoms with Crippen LogP contribution in [-0.2, 0) is 15.3 Å². The number of ether oxygens (including phenoxy) is 1. The third-order valence-electron chi connectivity index (χ3n) is 4.75. The molecule has 1 heterocycles. The van der Waals surface area contributed by atoms with Crippen molar-refractivity contribution in [3.05, 3.63) is 59.3 Å². The van der Waals surface area contributed by atoms with E-state index in [1.165, 1.54) is 0 Å². The van der Waals surface area contributed by atoms with Gasteiger partial charge in [0.1, 0.15) is 11.6 Å². The zero-order valence-electron chi connectivity index (χ0n) is 17.1. The SMILES string of the molecule is COc1ccc(C)cc1-c1nc(C)c(S(=O)(=O)c2ccc(C(C)(C)C)cc2)[nH]1. The smallest absolute Gasteiger partial charge is 0.223 e. The molecule has 0 unspecified atom stereocenters. The molecule has 28 heavy (non-hydrogen) atoms. The lowest BCUT2D eigenvalue weighted by Crippen LogP contribution is -2.11. The Labute approximate surface area is 166 Å². The number of aromatic nitrogens is 2. The molecule has 3 rings (SSSR count). The Kier molecular flexibility index (Phi) is 5.10. The Hall–Kier alpha value is -2.60. The summed E-state index contributed by atoms with van der Waals surface area (Å²) in [7, 11) is -2.13. The summed E-state index contributed by atoms with van der Waals surface area (Å²) in [6.45, 7) is 9.94. The second-order valence-corrected chi connectivity index (χ2v) is 9.87. The number of aryl methyl sites for hydroxylation is 2. The first-order chi connectivity index (χ1) is 13.0. The van der Waals surface area contributed by atoms with Crippen molar-refractivity contribution in [1.82, 2.24) is 9.97 Å². The second kappa shape index (κ2) is 7.09. The summed E-state index contributed by atoms with van der Waals surface area (Å²) in [6.07, 6.45) is 0. The van der Waals surface area contributed by atoms with Crippen molar-refractivity contribution >= 4 is 9.84 Å². The third-order valence-corrected chi connectivity index (χ3v) is 6.58. The van der Waals surface area contributed by atoms with E-state index in [0.717, 1.165) is 16.7 Å². The van der Waals surface area contributed by atoms with Gasteiger partial charge < -0.3 is 9.72 Å². The normalized spacial score (nSPS) is 12.2. The van der Waals surface area contributed by atoms with Crippen molar-refractivity contribution in [2.75, 3.05) is 7.11 Å². The average molecular weight is 399 g/mol. The van der Waals surface area contributed by atoms with Crippen LogP contribution in [0, 0.1) is 13.8 Å². The Bertz CT molecular complexity index is 1110. The van der Waals surface area contributed by atoms with Gasteiger partial charge in [-0.2, -0.15) is 0 Å². The minimum atomic E-state index is -3.71. The molecule has 3 aromatic rings. The van der Waals surface area contributed by atoms with Crippen LogP contribution in [0.5, 0.6) is 5.75 Å². The lowest BCUT2D eigenvalue weighted by molar-refractivity contribution is 0.416. The van der Waals surface area contributed by atoms with Gasteiger partial charge in [-0.15, -0.1) is 0 Å². The molecule has 0 radical (unpaired) electrons. The number of rotatable bonds is 4. The van der Waals surface area contributed by atoms with Crippen molar-refractivity contribution in [2.24, 2.45) is 0 Å². The number of aromatic amines is 1. The monoisotopic (exact) mass is 398 g/mol. The van der Waals surface area contributed by atoms with Gasteiger partial charge in [-0.05, 0) is 49.1 Å². The highest BCUT2D eigenvalue weighted by molar-refractivity contribution is 7.91. The molecule has 0 saturated carbocycles. The highest BCUT2D eigenvalue weighted by Crippen LogP contribution is 2.32. The van der Waals surface area contributed by atoms with Gasteiger partial charge in [-0.3, -0.25) is 0 Å². The number of benzene rings is 2. The first kappa shape index (κ1) is 20.1. The van der Waals surface area contributed by atoms with Crippen LogP contribution in [-0.4, -0.2) is 25.5 Å². The van der Waals surface area contributed by atoms with Gasteiger partial charge >= 0.3 is 0 Å². The van der Waals surface area contributed by atoms with Gasteiger partial charge in [0.25, 0.3) is 0 Å². The van der Waals surface area contributed by atoms with E-state index < -0.39 is 9.84 Å². The van der Waals surface area contributed by atoms with Gasteiger partial charge in [0.05, 0.1) is 23.3 Å². The molecule has 1 aromatic heterocycles. The molecular weight excluding hydrogens is 372 g/mol. The number of hydrogen-bond donors (Lipinski definition) is 1. The van der Waals surface area contributed by atoms with E-state index in [4.69, 9.17) is 4.74 Å². The standard InChI is InChI=1S/C22H26N2O3S/c1-14-7-12-19(27-6)18(13-14)20-23-15(2)21(24-20)28(25,26)17-10-8-16(9-11-17)22(3,4)5/h7-13H,1-6H3,(H,23,24). The van der Waals surface area contributed by atoms with Crippen molar-refractivity contribution in [1.29, 1.82) is 0 Å². The fourth-order valence-electron chi connectivity index (χ4n) is 3.09. The van der Waals surface area contributed by atoms with E-state index in [1.54, 1.807) is 26.2 Å². The highest BCUT2D eigenvalue weighted by Gasteiger charge is 2.25. The topological polar surface area (TPSA) is 72.0 Å². The molecule has 0 saturated heterocycles. The third kappa shape index (κ3) is 3.69. The first-order valence-corrected chi connectivity index (χ1v) is 10.6. The zero-order valence-corrected chi connectivity index (χ0v) is 17.9. The molecule has 0 spiro atoms. The summed E-state index contributed by atoms with van der Waals surface area (Å²) in [5.41, 5.74) is 3.24. The van der Waals surface area contributed by atoms with E-state index >= 15 is 0 Å². The number of imidazole rings is 1. The number of nitrogens with one attached hydrogen (secondary N) is 1. The number of nitrogens with zero attached hydrogens (tertiary/aromatic N) is 1. The molecule has 0 amide bonds. The van der Waals surface area contributed by atoms with Crippen LogP contribution in [0.3, 0.4) is 0 Å². The van der Waals surface area contributed by atoms with Crippen molar-refractivity contribution in [2.45, 2.75) is 50.0 Å². The number of sulfone groups is 1. The van der Waals surface area contributed by atoms with Gasteiger partial charge in [0, 0.05) is 0 Å². The Morgan fingerprint density at radius 1 is 1.00 bits per heavy atom.